The van der Waals surface area contributed by atoms with E-state index in [0.717, 1.165) is 23.5 Å². The number of nitrogens with zero attached hydrogens (tertiary/aromatic N) is 3. The molecule has 1 aromatic heterocycles. The number of imidazole rings is 1. The topological polar surface area (TPSA) is 38.1 Å². The van der Waals surface area contributed by atoms with E-state index >= 15 is 0 Å². The van der Waals surface area contributed by atoms with E-state index in [1.807, 2.05) is 24.5 Å². The number of carbonyl (C=O) groups is 1. The van der Waals surface area contributed by atoms with Gasteiger partial charge in [0.1, 0.15) is 0 Å². The molecule has 2 aliphatic rings. The normalized spacial score (nSPS) is 24.2. The van der Waals surface area contributed by atoms with Crippen LogP contribution in [0.2, 0.25) is 0 Å². The first-order valence-electron chi connectivity index (χ1n) is 9.43. The van der Waals surface area contributed by atoms with E-state index < -0.39 is 0 Å². The molecular weight excluding hydrogens is 298 g/mol. The largest absolute Gasteiger partial charge is 0.337 e. The summed E-state index contributed by atoms with van der Waals surface area (Å²) >= 11 is 0. The lowest BCUT2D eigenvalue weighted by Crippen LogP contribution is -2.44. The van der Waals surface area contributed by atoms with Crippen LogP contribution in [0, 0.1) is 5.92 Å². The van der Waals surface area contributed by atoms with Gasteiger partial charge in [-0.15, -0.1) is 0 Å². The van der Waals surface area contributed by atoms with Crippen LogP contribution in [0.1, 0.15) is 51.9 Å². The number of aryl methyl sites for hydroxylation is 1. The molecule has 0 saturated heterocycles. The van der Waals surface area contributed by atoms with Crippen molar-refractivity contribution in [3.8, 4) is 0 Å². The lowest BCUT2D eigenvalue weighted by molar-refractivity contribution is -0.135. The molecule has 1 amide bonds. The van der Waals surface area contributed by atoms with E-state index in [0.29, 0.717) is 24.4 Å². The highest BCUT2D eigenvalue weighted by atomic mass is 16.2. The number of rotatable bonds is 5. The van der Waals surface area contributed by atoms with Gasteiger partial charge in [0.15, 0.2) is 0 Å². The van der Waals surface area contributed by atoms with Gasteiger partial charge in [0, 0.05) is 25.0 Å². The van der Waals surface area contributed by atoms with Crippen molar-refractivity contribution in [2.75, 3.05) is 0 Å². The van der Waals surface area contributed by atoms with Crippen molar-refractivity contribution in [3.63, 3.8) is 0 Å². The fourth-order valence-corrected chi connectivity index (χ4v) is 4.11. The Morgan fingerprint density at radius 3 is 2.50 bits per heavy atom. The Balaban J connectivity index is 1.42. The second-order valence-corrected chi connectivity index (χ2v) is 7.62. The lowest BCUT2D eigenvalue weighted by atomic mass is 9.86. The number of fused-ring (bicyclic) bond motifs is 1. The molecule has 0 unspecified atom stereocenters. The van der Waals surface area contributed by atoms with Crippen LogP contribution in [0.25, 0.3) is 11.0 Å². The fraction of sp³-hybridized carbons (Fsp3) is 0.600. The molecule has 0 aliphatic heterocycles. The number of amides is 1. The Kier molecular flexibility index (Phi) is 4.30. The van der Waals surface area contributed by atoms with Crippen LogP contribution < -0.4 is 0 Å². The van der Waals surface area contributed by atoms with Crippen molar-refractivity contribution < 1.29 is 4.79 Å². The number of carbonyl (C=O) groups excluding carboxylic acids is 1. The Morgan fingerprint density at radius 2 is 1.79 bits per heavy atom. The van der Waals surface area contributed by atoms with Gasteiger partial charge in [-0.3, -0.25) is 4.79 Å². The third-order valence-electron chi connectivity index (χ3n) is 5.70. The number of hydrogen-bond donors (Lipinski definition) is 0. The molecule has 4 rings (SSSR count). The van der Waals surface area contributed by atoms with Crippen molar-refractivity contribution in [2.24, 2.45) is 5.92 Å². The van der Waals surface area contributed by atoms with E-state index in [4.69, 9.17) is 0 Å². The molecule has 2 aromatic rings. The zero-order valence-electron chi connectivity index (χ0n) is 14.5. The summed E-state index contributed by atoms with van der Waals surface area (Å²) in [7, 11) is 0. The molecule has 4 heteroatoms. The molecular formula is C20H27N3O. The first kappa shape index (κ1) is 15.7. The summed E-state index contributed by atoms with van der Waals surface area (Å²) < 4.78 is 2.11. The van der Waals surface area contributed by atoms with Crippen LogP contribution in [-0.4, -0.2) is 32.4 Å². The van der Waals surface area contributed by atoms with E-state index in [-0.39, 0.29) is 0 Å². The summed E-state index contributed by atoms with van der Waals surface area (Å²) in [5.41, 5.74) is 2.13. The first-order chi connectivity index (χ1) is 11.7. The fourth-order valence-electron chi connectivity index (χ4n) is 4.11. The minimum absolute atomic E-state index is 0.342. The van der Waals surface area contributed by atoms with E-state index in [1.54, 1.807) is 0 Å². The molecule has 1 aromatic carbocycles. The molecule has 2 aliphatic carbocycles. The summed E-state index contributed by atoms with van der Waals surface area (Å²) in [4.78, 5) is 19.6. The molecule has 2 saturated carbocycles. The maximum Gasteiger partial charge on any atom is 0.224 e. The van der Waals surface area contributed by atoms with E-state index in [9.17, 15) is 4.79 Å². The summed E-state index contributed by atoms with van der Waals surface area (Å²) in [6.07, 6.45) is 9.78. The third-order valence-corrected chi connectivity index (χ3v) is 5.70. The summed E-state index contributed by atoms with van der Waals surface area (Å²) in [5, 5.41) is 0. The van der Waals surface area contributed by atoms with Crippen molar-refractivity contribution in [1.82, 2.24) is 14.5 Å². The first-order valence-corrected chi connectivity index (χ1v) is 9.43. The van der Waals surface area contributed by atoms with Gasteiger partial charge in [-0.1, -0.05) is 19.1 Å². The van der Waals surface area contributed by atoms with Gasteiger partial charge in [-0.2, -0.15) is 0 Å². The van der Waals surface area contributed by atoms with E-state index in [1.165, 1.54) is 38.5 Å². The second-order valence-electron chi connectivity index (χ2n) is 7.62. The maximum atomic E-state index is 12.9. The molecule has 0 spiro atoms. The average Bonchev–Trinajstić information content (AvgIpc) is 3.34. The Hall–Kier alpha value is -1.84. The zero-order chi connectivity index (χ0) is 16.5. The molecule has 1 heterocycles. The molecule has 24 heavy (non-hydrogen) atoms. The number of aromatic nitrogens is 2. The Bertz CT molecular complexity index is 710. The van der Waals surface area contributed by atoms with Crippen LogP contribution in [-0.2, 0) is 11.3 Å². The van der Waals surface area contributed by atoms with Crippen molar-refractivity contribution >= 4 is 16.9 Å². The summed E-state index contributed by atoms with van der Waals surface area (Å²) in [6.45, 7) is 3.06. The molecule has 0 atom stereocenters. The van der Waals surface area contributed by atoms with Crippen molar-refractivity contribution in [3.05, 3.63) is 30.6 Å². The molecule has 0 N–H and O–H groups in total. The standard InChI is InChI=1S/C20H27N3O/c1-15-6-8-16(9-7-15)23(17-10-11-17)20(24)12-13-22-14-21-18-4-2-3-5-19(18)22/h2-5,14-17H,6-13H2,1H3. The van der Waals surface area contributed by atoms with Gasteiger partial charge < -0.3 is 9.47 Å². The SMILES string of the molecule is CC1CCC(N(C(=O)CCn2cnc3ccccc32)C2CC2)CC1. The van der Waals surface area contributed by atoms with Gasteiger partial charge >= 0.3 is 0 Å². The molecule has 0 bridgehead atoms. The minimum Gasteiger partial charge on any atom is -0.337 e. The summed E-state index contributed by atoms with van der Waals surface area (Å²) in [6, 6.07) is 9.14. The number of hydrogen-bond acceptors (Lipinski definition) is 2. The quantitative estimate of drug-likeness (QED) is 0.833. The van der Waals surface area contributed by atoms with Crippen LogP contribution >= 0.6 is 0 Å². The van der Waals surface area contributed by atoms with Gasteiger partial charge in [0.05, 0.1) is 17.4 Å². The predicted molar refractivity (Wildman–Crippen MR) is 95.6 cm³/mol. The monoisotopic (exact) mass is 325 g/mol. The summed E-state index contributed by atoms with van der Waals surface area (Å²) in [5.74, 6) is 1.17. The van der Waals surface area contributed by atoms with Gasteiger partial charge in [-0.25, -0.2) is 4.98 Å². The lowest BCUT2D eigenvalue weighted by Gasteiger charge is -2.36. The number of benzene rings is 1. The van der Waals surface area contributed by atoms with Crippen molar-refractivity contribution in [1.29, 1.82) is 0 Å². The maximum absolute atomic E-state index is 12.9. The highest BCUT2D eigenvalue weighted by molar-refractivity contribution is 5.78. The minimum atomic E-state index is 0.342. The van der Waals surface area contributed by atoms with Crippen molar-refractivity contribution in [2.45, 2.75) is 70.5 Å². The highest BCUT2D eigenvalue weighted by Gasteiger charge is 2.38. The van der Waals surface area contributed by atoms with Crippen LogP contribution in [0.3, 0.4) is 0 Å². The van der Waals surface area contributed by atoms with Gasteiger partial charge in [0.25, 0.3) is 0 Å². The van der Waals surface area contributed by atoms with Crippen LogP contribution in [0.15, 0.2) is 30.6 Å². The van der Waals surface area contributed by atoms with Gasteiger partial charge in [-0.05, 0) is 56.6 Å². The third kappa shape index (κ3) is 3.19. The smallest absolute Gasteiger partial charge is 0.224 e. The number of para-hydroxylation sites is 2. The second kappa shape index (κ2) is 6.58. The predicted octanol–water partition coefficient (Wildman–Crippen LogP) is 4.00. The Morgan fingerprint density at radius 1 is 1.12 bits per heavy atom. The molecule has 2 fully saturated rings. The average molecular weight is 325 g/mol. The van der Waals surface area contributed by atoms with Crippen LogP contribution in [0.5, 0.6) is 0 Å². The molecule has 4 nitrogen and oxygen atoms in total. The molecule has 0 radical (unpaired) electrons. The van der Waals surface area contributed by atoms with E-state index in [2.05, 4.69) is 27.4 Å². The van der Waals surface area contributed by atoms with Gasteiger partial charge in [0.2, 0.25) is 5.91 Å². The highest BCUT2D eigenvalue weighted by Crippen LogP contribution is 2.35. The Labute approximate surface area is 143 Å². The molecule has 128 valence electrons. The zero-order valence-corrected chi connectivity index (χ0v) is 14.5. The van der Waals surface area contributed by atoms with Crippen LogP contribution in [0.4, 0.5) is 0 Å².